The quantitative estimate of drug-likeness (QED) is 0.572. The van der Waals surface area contributed by atoms with Gasteiger partial charge in [0.05, 0.1) is 10.4 Å². The van der Waals surface area contributed by atoms with Crippen LogP contribution < -0.4 is 0 Å². The average Bonchev–Trinajstić information content (AvgIpc) is 2.86. The minimum Gasteiger partial charge on any atom is -0.146 e. The summed E-state index contributed by atoms with van der Waals surface area (Å²) in [4.78, 5) is 1.18. The standard InChI is InChI=1S/C14H20Cl2S/c1-10(2)9-14(6-3-4-7-14)13(16)12-11(15)5-8-17-12/h5,8,10,13H,3-4,6-7,9H2,1-2H3. The predicted molar refractivity (Wildman–Crippen MR) is 78.3 cm³/mol. The molecule has 0 N–H and O–H groups in total. The van der Waals surface area contributed by atoms with Crippen LogP contribution in [0.5, 0.6) is 0 Å². The van der Waals surface area contributed by atoms with Gasteiger partial charge in [-0.2, -0.15) is 0 Å². The Hall–Kier alpha value is 0.280. The highest BCUT2D eigenvalue weighted by Gasteiger charge is 2.42. The molecule has 2 rings (SSSR count). The van der Waals surface area contributed by atoms with Crippen LogP contribution in [-0.4, -0.2) is 0 Å². The van der Waals surface area contributed by atoms with Crippen molar-refractivity contribution in [2.24, 2.45) is 11.3 Å². The third-order valence-electron chi connectivity index (χ3n) is 3.83. The maximum atomic E-state index is 6.79. The van der Waals surface area contributed by atoms with Crippen molar-refractivity contribution in [3.05, 3.63) is 21.3 Å². The lowest BCUT2D eigenvalue weighted by atomic mass is 9.75. The summed E-state index contributed by atoms with van der Waals surface area (Å²) < 4.78 is 0. The zero-order chi connectivity index (χ0) is 12.5. The van der Waals surface area contributed by atoms with Crippen molar-refractivity contribution in [3.63, 3.8) is 0 Å². The molecule has 0 aromatic carbocycles. The maximum absolute atomic E-state index is 6.79. The van der Waals surface area contributed by atoms with E-state index in [1.807, 2.05) is 11.4 Å². The second-order valence-corrected chi connectivity index (χ2v) is 7.45. The highest BCUT2D eigenvalue weighted by Crippen LogP contribution is 2.56. The predicted octanol–water partition coefficient (Wildman–Crippen LogP) is 6.29. The molecule has 1 aliphatic rings. The molecule has 1 aliphatic carbocycles. The summed E-state index contributed by atoms with van der Waals surface area (Å²) in [7, 11) is 0. The number of thiophene rings is 1. The molecule has 0 aliphatic heterocycles. The van der Waals surface area contributed by atoms with Gasteiger partial charge in [-0.05, 0) is 42.0 Å². The Kier molecular flexibility index (Phi) is 4.44. The molecule has 1 aromatic heterocycles. The summed E-state index contributed by atoms with van der Waals surface area (Å²) in [5.74, 6) is 0.702. The largest absolute Gasteiger partial charge is 0.146 e. The van der Waals surface area contributed by atoms with Crippen LogP contribution in [0.4, 0.5) is 0 Å². The van der Waals surface area contributed by atoms with Crippen molar-refractivity contribution in [2.75, 3.05) is 0 Å². The molecular weight excluding hydrogens is 271 g/mol. The second kappa shape index (κ2) is 5.50. The van der Waals surface area contributed by atoms with E-state index >= 15 is 0 Å². The zero-order valence-corrected chi connectivity index (χ0v) is 12.8. The first-order valence-corrected chi connectivity index (χ1v) is 8.11. The van der Waals surface area contributed by atoms with Crippen LogP contribution in [0.25, 0.3) is 0 Å². The van der Waals surface area contributed by atoms with Gasteiger partial charge in [0.25, 0.3) is 0 Å². The van der Waals surface area contributed by atoms with Crippen LogP contribution in [0.1, 0.15) is 56.2 Å². The highest BCUT2D eigenvalue weighted by molar-refractivity contribution is 7.11. The summed E-state index contributed by atoms with van der Waals surface area (Å²) >= 11 is 14.7. The van der Waals surface area contributed by atoms with Gasteiger partial charge in [0.15, 0.2) is 0 Å². The van der Waals surface area contributed by atoms with E-state index in [1.54, 1.807) is 11.3 Å². The van der Waals surface area contributed by atoms with Gasteiger partial charge in [0, 0.05) is 4.88 Å². The average molecular weight is 291 g/mol. The molecule has 1 unspecified atom stereocenters. The fraction of sp³-hybridized carbons (Fsp3) is 0.714. The lowest BCUT2D eigenvalue weighted by Gasteiger charge is -2.35. The van der Waals surface area contributed by atoms with E-state index in [0.29, 0.717) is 5.92 Å². The molecule has 0 amide bonds. The van der Waals surface area contributed by atoms with Crippen molar-refractivity contribution in [3.8, 4) is 0 Å². The molecule has 17 heavy (non-hydrogen) atoms. The van der Waals surface area contributed by atoms with Crippen LogP contribution >= 0.6 is 34.5 Å². The normalized spacial score (nSPS) is 21.0. The number of hydrogen-bond donors (Lipinski definition) is 0. The second-order valence-electron chi connectivity index (χ2n) is 5.66. The first kappa shape index (κ1) is 13.7. The lowest BCUT2D eigenvalue weighted by molar-refractivity contribution is 0.225. The molecule has 0 nitrogen and oxygen atoms in total. The molecule has 3 heteroatoms. The summed E-state index contributed by atoms with van der Waals surface area (Å²) in [6.45, 7) is 4.58. The maximum Gasteiger partial charge on any atom is 0.0749 e. The Morgan fingerprint density at radius 1 is 1.35 bits per heavy atom. The SMILES string of the molecule is CC(C)CC1(C(Cl)c2sccc2Cl)CCCC1. The van der Waals surface area contributed by atoms with Gasteiger partial charge in [-0.3, -0.25) is 0 Å². The summed E-state index contributed by atoms with van der Waals surface area (Å²) in [6, 6.07) is 1.97. The van der Waals surface area contributed by atoms with E-state index < -0.39 is 0 Å². The van der Waals surface area contributed by atoms with Crippen LogP contribution in [0.15, 0.2) is 11.4 Å². The number of rotatable bonds is 4. The molecule has 0 saturated heterocycles. The first-order valence-electron chi connectivity index (χ1n) is 6.42. The fourth-order valence-corrected chi connectivity index (χ4v) is 5.13. The molecule has 0 bridgehead atoms. The summed E-state index contributed by atoms with van der Waals surface area (Å²) in [5, 5.41) is 3.00. The zero-order valence-electron chi connectivity index (χ0n) is 10.5. The Morgan fingerprint density at radius 2 is 2.00 bits per heavy atom. The molecule has 0 spiro atoms. The van der Waals surface area contributed by atoms with E-state index in [2.05, 4.69) is 13.8 Å². The Balaban J connectivity index is 2.24. The smallest absolute Gasteiger partial charge is 0.0749 e. The van der Waals surface area contributed by atoms with Crippen molar-refractivity contribution >= 4 is 34.5 Å². The highest BCUT2D eigenvalue weighted by atomic mass is 35.5. The van der Waals surface area contributed by atoms with Crippen molar-refractivity contribution in [1.82, 2.24) is 0 Å². The minimum absolute atomic E-state index is 0.0971. The molecule has 1 heterocycles. The van der Waals surface area contributed by atoms with Crippen LogP contribution in [0.2, 0.25) is 5.02 Å². The molecule has 96 valence electrons. The lowest BCUT2D eigenvalue weighted by Crippen LogP contribution is -2.24. The van der Waals surface area contributed by atoms with E-state index in [-0.39, 0.29) is 10.8 Å². The van der Waals surface area contributed by atoms with Gasteiger partial charge in [0.2, 0.25) is 0 Å². The molecule has 1 atom stereocenters. The van der Waals surface area contributed by atoms with Crippen LogP contribution in [0.3, 0.4) is 0 Å². The van der Waals surface area contributed by atoms with Crippen molar-refractivity contribution in [1.29, 1.82) is 0 Å². The monoisotopic (exact) mass is 290 g/mol. The third kappa shape index (κ3) is 2.83. The number of hydrogen-bond acceptors (Lipinski definition) is 1. The van der Waals surface area contributed by atoms with Gasteiger partial charge in [0.1, 0.15) is 0 Å². The number of alkyl halides is 1. The third-order valence-corrected chi connectivity index (χ3v) is 6.06. The topological polar surface area (TPSA) is 0 Å². The Labute approximate surface area is 118 Å². The minimum atomic E-state index is 0.0971. The van der Waals surface area contributed by atoms with Crippen LogP contribution in [-0.2, 0) is 0 Å². The van der Waals surface area contributed by atoms with Crippen LogP contribution in [0, 0.1) is 11.3 Å². The molecule has 1 aromatic rings. The van der Waals surface area contributed by atoms with Crippen molar-refractivity contribution in [2.45, 2.75) is 51.3 Å². The molecule has 1 saturated carbocycles. The van der Waals surface area contributed by atoms with Gasteiger partial charge in [-0.25, -0.2) is 0 Å². The van der Waals surface area contributed by atoms with E-state index in [9.17, 15) is 0 Å². The Morgan fingerprint density at radius 3 is 2.47 bits per heavy atom. The van der Waals surface area contributed by atoms with Gasteiger partial charge in [-0.1, -0.05) is 38.3 Å². The molecular formula is C14H20Cl2S. The summed E-state index contributed by atoms with van der Waals surface area (Å²) in [5.41, 5.74) is 0.282. The van der Waals surface area contributed by atoms with Gasteiger partial charge in [-0.15, -0.1) is 22.9 Å². The summed E-state index contributed by atoms with van der Waals surface area (Å²) in [6.07, 6.45) is 6.37. The van der Waals surface area contributed by atoms with E-state index in [4.69, 9.17) is 23.2 Å². The first-order chi connectivity index (χ1) is 8.05. The fourth-order valence-electron chi connectivity index (χ4n) is 3.22. The Bertz CT molecular complexity index is 364. The number of halogens is 2. The van der Waals surface area contributed by atoms with E-state index in [0.717, 1.165) is 5.02 Å². The van der Waals surface area contributed by atoms with E-state index in [1.165, 1.54) is 37.0 Å². The molecule has 1 fully saturated rings. The van der Waals surface area contributed by atoms with Gasteiger partial charge >= 0.3 is 0 Å². The van der Waals surface area contributed by atoms with Crippen molar-refractivity contribution < 1.29 is 0 Å². The van der Waals surface area contributed by atoms with Gasteiger partial charge < -0.3 is 0 Å². The molecule has 0 radical (unpaired) electrons.